The Labute approximate surface area is 344 Å². The number of aliphatic carboxylic acids is 1. The van der Waals surface area contributed by atoms with Crippen LogP contribution in [0, 0.1) is 11.8 Å². The van der Waals surface area contributed by atoms with E-state index in [1.807, 2.05) is 84.9 Å². The van der Waals surface area contributed by atoms with E-state index in [2.05, 4.69) is 4.74 Å². The van der Waals surface area contributed by atoms with Crippen molar-refractivity contribution in [2.24, 2.45) is 11.8 Å². The number of alkyl halides is 5. The van der Waals surface area contributed by atoms with Gasteiger partial charge in [-0.05, 0) is 108 Å². The van der Waals surface area contributed by atoms with Crippen molar-refractivity contribution in [3.05, 3.63) is 118 Å². The number of hydrogen-bond acceptors (Lipinski definition) is 7. The van der Waals surface area contributed by atoms with E-state index in [0.717, 1.165) is 33.4 Å². The van der Waals surface area contributed by atoms with Gasteiger partial charge in [0.15, 0.2) is 18.8 Å². The van der Waals surface area contributed by atoms with Crippen LogP contribution in [-0.2, 0) is 27.2 Å². The van der Waals surface area contributed by atoms with E-state index in [1.54, 1.807) is 19.0 Å². The van der Waals surface area contributed by atoms with Crippen molar-refractivity contribution in [1.82, 2.24) is 0 Å². The molecule has 0 saturated carbocycles. The second-order valence-electron chi connectivity index (χ2n) is 14.4. The summed E-state index contributed by atoms with van der Waals surface area (Å²) in [5, 5.41) is 49.1. The first-order valence-electron chi connectivity index (χ1n) is 18.4. The molecule has 4 aromatic carbocycles. The van der Waals surface area contributed by atoms with Crippen molar-refractivity contribution in [1.29, 1.82) is 0 Å². The van der Waals surface area contributed by atoms with Gasteiger partial charge in [-0.3, -0.25) is 0 Å². The Morgan fingerprint density at radius 2 is 1.05 bits per heavy atom. The molecule has 0 aromatic heterocycles. The molecule has 0 fully saturated rings. The third-order valence-corrected chi connectivity index (χ3v) is 9.57. The van der Waals surface area contributed by atoms with Gasteiger partial charge in [-0.2, -0.15) is 22.0 Å². The highest BCUT2D eigenvalue weighted by atomic mass is 35.5. The van der Waals surface area contributed by atoms with Crippen molar-refractivity contribution in [2.45, 2.75) is 76.3 Å². The number of carbonyl (C=O) groups excluding carboxylic acids is 1. The van der Waals surface area contributed by atoms with E-state index >= 15 is 0 Å². The summed E-state index contributed by atoms with van der Waals surface area (Å²) in [6.07, 6.45) is -7.82. The standard InChI is InChI=1S/C22H23BClF5O4.C19H22BClO4/c1-23(32)12-15(10-19(30)20(31)33-13-21(25,26)22(27,28)29)9-14-5-7-16(8-6-14)17-3-2-4-18(24)11-17;1-20(25)12-14(10-18(22)19(23)24)9-13-5-7-15(8-6-13)16-3-2-4-17(21)11-16/h2-8,11,15,19,30,32H,9-10,12-13H2,1H3;2-8,11,14,18,22,25H,9-10,12H2,1H3,(H,23,24)/t15-,19-;14-,18-/m11/s1. The SMILES string of the molecule is CB(O)C[C@H](Cc1ccc(-c2cccc(Cl)c2)cc1)C[C@@H](O)C(=O)O.CB(O)C[C@H](Cc1ccc(-c2cccc(Cl)c2)cc1)C[C@@H](O)C(=O)OCC(F)(F)C(F)(F)F. The zero-order valence-electron chi connectivity index (χ0n) is 31.8. The van der Waals surface area contributed by atoms with Gasteiger partial charge in [-0.25, -0.2) is 9.59 Å². The van der Waals surface area contributed by atoms with Gasteiger partial charge < -0.3 is 30.1 Å². The van der Waals surface area contributed by atoms with Gasteiger partial charge in [-0.15, -0.1) is 0 Å². The number of carboxylic acid groups (broad SMARTS) is 1. The number of carbonyl (C=O) groups is 2. The first kappa shape index (κ1) is 48.4. The summed E-state index contributed by atoms with van der Waals surface area (Å²) >= 11 is 12.0. The average Bonchev–Trinajstić information content (AvgIpc) is 3.13. The van der Waals surface area contributed by atoms with Crippen LogP contribution in [0.25, 0.3) is 22.3 Å². The number of aliphatic hydroxyl groups is 2. The Morgan fingerprint density at radius 1 is 0.655 bits per heavy atom. The van der Waals surface area contributed by atoms with Gasteiger partial charge in [0.05, 0.1) is 0 Å². The molecule has 0 saturated heterocycles. The maximum Gasteiger partial charge on any atom is 0.456 e. The predicted octanol–water partition coefficient (Wildman–Crippen LogP) is 8.89. The second kappa shape index (κ2) is 22.4. The summed E-state index contributed by atoms with van der Waals surface area (Å²) in [5.41, 5.74) is 5.74. The number of ether oxygens (including phenoxy) is 1. The molecule has 58 heavy (non-hydrogen) atoms. The highest BCUT2D eigenvalue weighted by Crippen LogP contribution is 2.36. The van der Waals surface area contributed by atoms with Crippen molar-refractivity contribution in [3.63, 3.8) is 0 Å². The molecule has 4 aromatic rings. The molecular formula is C41H45B2Cl2F5O8. The van der Waals surface area contributed by atoms with Crippen LogP contribution in [0.15, 0.2) is 97.1 Å². The molecule has 0 radical (unpaired) electrons. The number of benzene rings is 4. The smallest absolute Gasteiger partial charge is 0.456 e. The van der Waals surface area contributed by atoms with Crippen LogP contribution in [0.3, 0.4) is 0 Å². The second-order valence-corrected chi connectivity index (χ2v) is 15.2. The lowest BCUT2D eigenvalue weighted by Crippen LogP contribution is -2.42. The molecular weight excluding hydrogens is 808 g/mol. The highest BCUT2D eigenvalue weighted by molar-refractivity contribution is 6.48. The van der Waals surface area contributed by atoms with Gasteiger partial charge in [-0.1, -0.05) is 110 Å². The molecule has 312 valence electrons. The van der Waals surface area contributed by atoms with E-state index in [0.29, 0.717) is 29.2 Å². The minimum absolute atomic E-state index is 0.108. The molecule has 5 N–H and O–H groups in total. The largest absolute Gasteiger partial charge is 0.479 e. The van der Waals surface area contributed by atoms with Gasteiger partial charge in [0.2, 0.25) is 0 Å². The molecule has 0 spiro atoms. The quantitative estimate of drug-likeness (QED) is 0.0380. The fourth-order valence-electron chi connectivity index (χ4n) is 6.33. The zero-order valence-corrected chi connectivity index (χ0v) is 33.3. The van der Waals surface area contributed by atoms with Crippen molar-refractivity contribution in [3.8, 4) is 22.3 Å². The number of rotatable bonds is 18. The van der Waals surface area contributed by atoms with Crippen molar-refractivity contribution in [2.75, 3.05) is 6.61 Å². The number of hydrogen-bond donors (Lipinski definition) is 5. The maximum atomic E-state index is 12.9. The van der Waals surface area contributed by atoms with Gasteiger partial charge in [0.1, 0.15) is 0 Å². The predicted molar refractivity (Wildman–Crippen MR) is 216 cm³/mol. The molecule has 0 amide bonds. The van der Waals surface area contributed by atoms with Crippen LogP contribution < -0.4 is 0 Å². The minimum Gasteiger partial charge on any atom is -0.479 e. The van der Waals surface area contributed by atoms with Crippen LogP contribution in [0.1, 0.15) is 24.0 Å². The zero-order chi connectivity index (χ0) is 43.2. The Morgan fingerprint density at radius 3 is 1.40 bits per heavy atom. The number of carboxylic acids is 1. The Bertz CT molecular complexity index is 1900. The van der Waals surface area contributed by atoms with Gasteiger partial charge >= 0.3 is 24.0 Å². The third-order valence-electron chi connectivity index (χ3n) is 9.10. The van der Waals surface area contributed by atoms with E-state index in [9.17, 15) is 51.8 Å². The third kappa shape index (κ3) is 16.3. The van der Waals surface area contributed by atoms with Gasteiger partial charge in [0, 0.05) is 10.0 Å². The van der Waals surface area contributed by atoms with Crippen LogP contribution in [0.2, 0.25) is 36.3 Å². The Balaban J connectivity index is 0.000000322. The average molecular weight is 853 g/mol. The van der Waals surface area contributed by atoms with E-state index in [4.69, 9.17) is 28.3 Å². The molecule has 0 aliphatic heterocycles. The van der Waals surface area contributed by atoms with E-state index in [1.165, 1.54) is 6.82 Å². The molecule has 4 atom stereocenters. The number of aliphatic hydroxyl groups excluding tert-OH is 2. The molecule has 4 rings (SSSR count). The maximum absolute atomic E-state index is 12.9. The van der Waals surface area contributed by atoms with Gasteiger partial charge in [0.25, 0.3) is 13.8 Å². The summed E-state index contributed by atoms with van der Waals surface area (Å²) in [6, 6.07) is 30.2. The lowest BCUT2D eigenvalue weighted by Gasteiger charge is -2.22. The van der Waals surface area contributed by atoms with Crippen LogP contribution in [0.5, 0.6) is 0 Å². The normalized spacial score (nSPS) is 13.7. The van der Waals surface area contributed by atoms with E-state index < -0.39 is 62.6 Å². The van der Waals surface area contributed by atoms with Crippen LogP contribution >= 0.6 is 23.2 Å². The molecule has 0 aliphatic carbocycles. The van der Waals surface area contributed by atoms with Crippen LogP contribution in [-0.4, -0.2) is 82.1 Å². The monoisotopic (exact) mass is 852 g/mol. The molecule has 8 nitrogen and oxygen atoms in total. The molecule has 0 heterocycles. The minimum atomic E-state index is -5.87. The summed E-state index contributed by atoms with van der Waals surface area (Å²) in [6.45, 7) is -0.375. The molecule has 0 unspecified atom stereocenters. The molecule has 0 bridgehead atoms. The first-order chi connectivity index (χ1) is 27.1. The first-order valence-corrected chi connectivity index (χ1v) is 19.1. The number of esters is 1. The highest BCUT2D eigenvalue weighted by Gasteiger charge is 2.58. The summed E-state index contributed by atoms with van der Waals surface area (Å²) < 4.78 is 66.4. The van der Waals surface area contributed by atoms with Crippen molar-refractivity contribution >= 4 is 49.0 Å². The van der Waals surface area contributed by atoms with Crippen molar-refractivity contribution < 1.29 is 61.6 Å². The summed E-state index contributed by atoms with van der Waals surface area (Å²) in [4.78, 5) is 22.7. The summed E-state index contributed by atoms with van der Waals surface area (Å²) in [7, 11) is 0. The Kier molecular flexibility index (Phi) is 18.7. The fraction of sp³-hybridized carbons (Fsp3) is 0.366. The lowest BCUT2D eigenvalue weighted by molar-refractivity contribution is -0.294. The lowest BCUT2D eigenvalue weighted by atomic mass is 9.62. The van der Waals surface area contributed by atoms with E-state index in [-0.39, 0.29) is 25.1 Å². The fourth-order valence-corrected chi connectivity index (χ4v) is 6.71. The molecule has 17 heteroatoms. The number of halogens is 7. The topological polar surface area (TPSA) is 145 Å². The Hall–Kier alpha value is -3.98. The van der Waals surface area contributed by atoms with Crippen LogP contribution in [0.4, 0.5) is 22.0 Å². The molecule has 0 aliphatic rings. The summed E-state index contributed by atoms with van der Waals surface area (Å²) in [5.74, 6) is -8.60.